The standard InChI is InChI=1S/C21H23N3O4/c1-3-23-16-6-4-5-7-17(16)24(21(23)26)13-20(25)22-14(2)15-8-9-18-19(12-15)28-11-10-27-18/h4-9,12,14H,3,10-11,13H2,1-2H3,(H,22,25)/t14-/m0/s1. The summed E-state index contributed by atoms with van der Waals surface area (Å²) in [6, 6.07) is 12.9. The minimum Gasteiger partial charge on any atom is -0.486 e. The van der Waals surface area contributed by atoms with Gasteiger partial charge in [0.15, 0.2) is 11.5 Å². The third-order valence-electron chi connectivity index (χ3n) is 4.99. The van der Waals surface area contributed by atoms with E-state index in [-0.39, 0.29) is 24.2 Å². The second-order valence-corrected chi connectivity index (χ2v) is 6.79. The van der Waals surface area contributed by atoms with Gasteiger partial charge in [-0.1, -0.05) is 18.2 Å². The fourth-order valence-electron chi connectivity index (χ4n) is 3.57. The molecule has 1 N–H and O–H groups in total. The minimum absolute atomic E-state index is 0.0265. The lowest BCUT2D eigenvalue weighted by molar-refractivity contribution is -0.122. The van der Waals surface area contributed by atoms with Gasteiger partial charge in [0.1, 0.15) is 19.8 Å². The van der Waals surface area contributed by atoms with E-state index in [1.807, 2.05) is 56.3 Å². The zero-order chi connectivity index (χ0) is 19.7. The summed E-state index contributed by atoms with van der Waals surface area (Å²) in [5.74, 6) is 1.18. The van der Waals surface area contributed by atoms with Gasteiger partial charge in [0, 0.05) is 6.54 Å². The Kier molecular flexibility index (Phi) is 4.81. The van der Waals surface area contributed by atoms with Crippen molar-refractivity contribution >= 4 is 16.9 Å². The first kappa shape index (κ1) is 18.2. The van der Waals surface area contributed by atoms with Gasteiger partial charge >= 0.3 is 5.69 Å². The van der Waals surface area contributed by atoms with Crippen molar-refractivity contribution in [3.63, 3.8) is 0 Å². The average molecular weight is 381 g/mol. The molecule has 0 radical (unpaired) electrons. The zero-order valence-electron chi connectivity index (χ0n) is 16.0. The van der Waals surface area contributed by atoms with Gasteiger partial charge in [-0.05, 0) is 43.7 Å². The molecule has 0 unspecified atom stereocenters. The van der Waals surface area contributed by atoms with Crippen molar-refractivity contribution in [1.82, 2.24) is 14.5 Å². The van der Waals surface area contributed by atoms with E-state index in [4.69, 9.17) is 9.47 Å². The maximum absolute atomic E-state index is 12.7. The number of para-hydroxylation sites is 2. The molecule has 1 aliphatic heterocycles. The van der Waals surface area contributed by atoms with E-state index in [2.05, 4.69) is 5.32 Å². The summed E-state index contributed by atoms with van der Waals surface area (Å²) in [6.07, 6.45) is 0. The lowest BCUT2D eigenvalue weighted by atomic mass is 10.1. The van der Waals surface area contributed by atoms with Crippen molar-refractivity contribution in [3.8, 4) is 11.5 Å². The van der Waals surface area contributed by atoms with Gasteiger partial charge in [-0.15, -0.1) is 0 Å². The van der Waals surface area contributed by atoms with Gasteiger partial charge in [-0.25, -0.2) is 4.79 Å². The van der Waals surface area contributed by atoms with Crippen LogP contribution in [0, 0.1) is 0 Å². The molecule has 1 amide bonds. The molecule has 7 nitrogen and oxygen atoms in total. The predicted octanol–water partition coefficient (Wildman–Crippen LogP) is 2.47. The molecule has 4 rings (SSSR count). The smallest absolute Gasteiger partial charge is 0.329 e. The molecule has 0 saturated heterocycles. The van der Waals surface area contributed by atoms with Crippen molar-refractivity contribution in [2.45, 2.75) is 33.0 Å². The number of amides is 1. The van der Waals surface area contributed by atoms with Gasteiger partial charge in [0.2, 0.25) is 5.91 Å². The van der Waals surface area contributed by atoms with Crippen LogP contribution in [0.25, 0.3) is 11.0 Å². The molecular formula is C21H23N3O4. The SMILES string of the molecule is CCn1c(=O)n(CC(=O)N[C@@H](C)c2ccc3c(c2)OCCO3)c2ccccc21. The van der Waals surface area contributed by atoms with Crippen LogP contribution in [0.5, 0.6) is 11.5 Å². The molecule has 1 atom stereocenters. The Morgan fingerprint density at radius 1 is 1.07 bits per heavy atom. The van der Waals surface area contributed by atoms with E-state index in [1.165, 1.54) is 4.57 Å². The maximum Gasteiger partial charge on any atom is 0.329 e. The summed E-state index contributed by atoms with van der Waals surface area (Å²) in [4.78, 5) is 25.3. The highest BCUT2D eigenvalue weighted by atomic mass is 16.6. The number of hydrogen-bond donors (Lipinski definition) is 1. The molecule has 2 heterocycles. The van der Waals surface area contributed by atoms with Gasteiger partial charge < -0.3 is 14.8 Å². The molecule has 1 aromatic heterocycles. The lowest BCUT2D eigenvalue weighted by Crippen LogP contribution is -2.34. The Bertz CT molecular complexity index is 1080. The Morgan fingerprint density at radius 2 is 1.75 bits per heavy atom. The van der Waals surface area contributed by atoms with Crippen LogP contribution < -0.4 is 20.5 Å². The summed E-state index contributed by atoms with van der Waals surface area (Å²) in [6.45, 7) is 5.41. The van der Waals surface area contributed by atoms with Gasteiger partial charge in [0.05, 0.1) is 17.1 Å². The fourth-order valence-corrected chi connectivity index (χ4v) is 3.57. The van der Waals surface area contributed by atoms with E-state index in [0.717, 1.165) is 16.6 Å². The molecule has 146 valence electrons. The molecule has 0 spiro atoms. The van der Waals surface area contributed by atoms with Crippen molar-refractivity contribution in [3.05, 3.63) is 58.5 Å². The van der Waals surface area contributed by atoms with Crippen LogP contribution in [0.4, 0.5) is 0 Å². The molecule has 28 heavy (non-hydrogen) atoms. The van der Waals surface area contributed by atoms with Crippen LogP contribution in [-0.2, 0) is 17.9 Å². The van der Waals surface area contributed by atoms with Crippen molar-refractivity contribution in [2.75, 3.05) is 13.2 Å². The summed E-state index contributed by atoms with van der Waals surface area (Å²) >= 11 is 0. The number of carbonyl (C=O) groups is 1. The first-order chi connectivity index (χ1) is 13.6. The number of imidazole rings is 1. The zero-order valence-corrected chi connectivity index (χ0v) is 16.0. The van der Waals surface area contributed by atoms with E-state index in [1.54, 1.807) is 4.57 Å². The number of carbonyl (C=O) groups excluding carboxylic acids is 1. The summed E-state index contributed by atoms with van der Waals surface area (Å²) in [7, 11) is 0. The number of aromatic nitrogens is 2. The Morgan fingerprint density at radius 3 is 2.46 bits per heavy atom. The van der Waals surface area contributed by atoms with E-state index in [9.17, 15) is 9.59 Å². The second-order valence-electron chi connectivity index (χ2n) is 6.79. The summed E-state index contributed by atoms with van der Waals surface area (Å²) in [5.41, 5.74) is 2.34. The molecule has 3 aromatic rings. The monoisotopic (exact) mass is 381 g/mol. The number of aryl methyl sites for hydroxylation is 1. The fraction of sp³-hybridized carbons (Fsp3) is 0.333. The number of nitrogens with zero attached hydrogens (tertiary/aromatic N) is 2. The molecule has 2 aromatic carbocycles. The Labute approximate surface area is 162 Å². The van der Waals surface area contributed by atoms with Crippen LogP contribution in [0.2, 0.25) is 0 Å². The number of fused-ring (bicyclic) bond motifs is 2. The van der Waals surface area contributed by atoms with Gasteiger partial charge in [0.25, 0.3) is 0 Å². The molecule has 1 aliphatic rings. The second kappa shape index (κ2) is 7.42. The van der Waals surface area contributed by atoms with Crippen LogP contribution in [0.15, 0.2) is 47.3 Å². The highest BCUT2D eigenvalue weighted by molar-refractivity contribution is 5.81. The van der Waals surface area contributed by atoms with Crippen molar-refractivity contribution in [1.29, 1.82) is 0 Å². The largest absolute Gasteiger partial charge is 0.486 e. The topological polar surface area (TPSA) is 74.5 Å². The number of nitrogens with one attached hydrogen (secondary N) is 1. The van der Waals surface area contributed by atoms with Crippen LogP contribution in [0.1, 0.15) is 25.5 Å². The highest BCUT2D eigenvalue weighted by Crippen LogP contribution is 2.32. The predicted molar refractivity (Wildman–Crippen MR) is 106 cm³/mol. The minimum atomic E-state index is -0.224. The summed E-state index contributed by atoms with van der Waals surface area (Å²) in [5, 5.41) is 2.97. The molecule has 0 fully saturated rings. The number of rotatable bonds is 5. The van der Waals surface area contributed by atoms with Crippen LogP contribution in [0.3, 0.4) is 0 Å². The normalized spacial score (nSPS) is 14.1. The van der Waals surface area contributed by atoms with Crippen LogP contribution >= 0.6 is 0 Å². The van der Waals surface area contributed by atoms with Crippen LogP contribution in [-0.4, -0.2) is 28.3 Å². The highest BCUT2D eigenvalue weighted by Gasteiger charge is 2.18. The van der Waals surface area contributed by atoms with Gasteiger partial charge in [-0.3, -0.25) is 13.9 Å². The average Bonchev–Trinajstić information content (AvgIpc) is 2.98. The lowest BCUT2D eigenvalue weighted by Gasteiger charge is -2.21. The third kappa shape index (κ3) is 3.24. The van der Waals surface area contributed by atoms with E-state index >= 15 is 0 Å². The number of ether oxygens (including phenoxy) is 2. The molecule has 0 aliphatic carbocycles. The molecule has 0 saturated carbocycles. The first-order valence-electron chi connectivity index (χ1n) is 9.45. The summed E-state index contributed by atoms with van der Waals surface area (Å²) < 4.78 is 14.3. The van der Waals surface area contributed by atoms with Crippen molar-refractivity contribution in [2.24, 2.45) is 0 Å². The van der Waals surface area contributed by atoms with Gasteiger partial charge in [-0.2, -0.15) is 0 Å². The number of hydrogen-bond acceptors (Lipinski definition) is 4. The molecule has 7 heteroatoms. The quantitative estimate of drug-likeness (QED) is 0.737. The van der Waals surface area contributed by atoms with E-state index in [0.29, 0.717) is 31.3 Å². The number of benzene rings is 2. The molecule has 0 bridgehead atoms. The maximum atomic E-state index is 12.7. The Hall–Kier alpha value is -3.22. The first-order valence-corrected chi connectivity index (χ1v) is 9.45. The third-order valence-corrected chi connectivity index (χ3v) is 4.99. The molecular weight excluding hydrogens is 358 g/mol. The Balaban J connectivity index is 1.53. The van der Waals surface area contributed by atoms with Crippen molar-refractivity contribution < 1.29 is 14.3 Å². The van der Waals surface area contributed by atoms with E-state index < -0.39 is 0 Å².